The topological polar surface area (TPSA) is 74.3 Å². The second-order valence-corrected chi connectivity index (χ2v) is 9.41. The van der Waals surface area contributed by atoms with Crippen LogP contribution in [0.15, 0.2) is 39.6 Å². The van der Waals surface area contributed by atoms with Crippen molar-refractivity contribution in [1.82, 2.24) is 15.2 Å². The molecule has 0 radical (unpaired) electrons. The van der Waals surface area contributed by atoms with Gasteiger partial charge in [-0.15, -0.1) is 11.3 Å². The molecule has 27 heavy (non-hydrogen) atoms. The summed E-state index contributed by atoms with van der Waals surface area (Å²) in [6.45, 7) is 4.78. The third-order valence-corrected chi connectivity index (χ3v) is 7.15. The Kier molecular flexibility index (Phi) is 5.47. The maximum Gasteiger partial charge on any atom is 0.280 e. The van der Waals surface area contributed by atoms with Gasteiger partial charge in [0.15, 0.2) is 5.01 Å². The summed E-state index contributed by atoms with van der Waals surface area (Å²) in [6.07, 6.45) is 4.11. The monoisotopic (exact) mass is 402 g/mol. The van der Waals surface area contributed by atoms with E-state index in [-0.39, 0.29) is 17.9 Å². The second kappa shape index (κ2) is 8.00. The first-order valence-corrected chi connectivity index (χ1v) is 10.7. The number of piperidine rings is 3. The molecule has 3 fully saturated rings. The summed E-state index contributed by atoms with van der Waals surface area (Å²) in [5.74, 6) is 0.456. The van der Waals surface area contributed by atoms with Gasteiger partial charge >= 0.3 is 0 Å². The Morgan fingerprint density at radius 2 is 1.96 bits per heavy atom. The Balaban J connectivity index is 1.35. The van der Waals surface area contributed by atoms with Crippen LogP contribution >= 0.6 is 23.1 Å². The number of carbonyl (C=O) groups excluding carboxylic acids is 2. The Hall–Kier alpha value is -1.90. The van der Waals surface area contributed by atoms with Crippen LogP contribution in [0.3, 0.4) is 0 Å². The van der Waals surface area contributed by atoms with Crippen molar-refractivity contribution >= 4 is 40.6 Å². The van der Waals surface area contributed by atoms with Gasteiger partial charge in [0.05, 0.1) is 10.4 Å². The first-order valence-electron chi connectivity index (χ1n) is 9.11. The lowest BCUT2D eigenvalue weighted by molar-refractivity contribution is -0.114. The number of rotatable bonds is 5. The summed E-state index contributed by atoms with van der Waals surface area (Å²) in [5.41, 5.74) is 0.772. The molecule has 0 aliphatic carbocycles. The van der Waals surface area contributed by atoms with E-state index in [1.54, 1.807) is 18.0 Å². The molecule has 3 saturated heterocycles. The molecule has 142 valence electrons. The fourth-order valence-electron chi connectivity index (χ4n) is 3.70. The maximum atomic E-state index is 12.6. The molecule has 2 aromatic rings. The molecule has 1 atom stereocenters. The van der Waals surface area contributed by atoms with E-state index in [4.69, 9.17) is 0 Å². The van der Waals surface area contributed by atoms with Gasteiger partial charge in [0.2, 0.25) is 5.91 Å². The molecular formula is C19H22N4O2S2. The van der Waals surface area contributed by atoms with E-state index in [2.05, 4.69) is 20.5 Å². The molecule has 3 aliphatic rings. The van der Waals surface area contributed by atoms with Gasteiger partial charge in [-0.2, -0.15) is 0 Å². The highest BCUT2D eigenvalue weighted by Gasteiger charge is 2.35. The molecule has 8 heteroatoms. The van der Waals surface area contributed by atoms with Crippen molar-refractivity contribution in [3.8, 4) is 0 Å². The maximum absolute atomic E-state index is 12.6. The molecule has 5 rings (SSSR count). The number of hydrogen-bond donors (Lipinski definition) is 2. The van der Waals surface area contributed by atoms with Gasteiger partial charge in [-0.1, -0.05) is 11.8 Å². The van der Waals surface area contributed by atoms with Crippen LogP contribution in [0.25, 0.3) is 0 Å². The standard InChI is InChI=1S/C19H22N4O2S2/c1-12(24)21-14-2-4-15(5-3-14)26-17-10-20-19(27-17)18(25)22-16-11-23-8-6-13(16)7-9-23/h2-5,10,13,16H,6-9,11H2,1H3,(H,21,24)(H,22,25). The molecule has 4 heterocycles. The minimum absolute atomic E-state index is 0.0633. The van der Waals surface area contributed by atoms with Crippen LogP contribution in [0.1, 0.15) is 29.6 Å². The zero-order valence-electron chi connectivity index (χ0n) is 15.1. The first kappa shape index (κ1) is 18.5. The highest BCUT2D eigenvalue weighted by Crippen LogP contribution is 2.33. The molecule has 0 saturated carbocycles. The number of nitrogens with one attached hydrogen (secondary N) is 2. The normalized spacial score (nSPS) is 23.8. The van der Waals surface area contributed by atoms with Crippen molar-refractivity contribution < 1.29 is 9.59 Å². The van der Waals surface area contributed by atoms with Crippen molar-refractivity contribution in [3.63, 3.8) is 0 Å². The van der Waals surface area contributed by atoms with Crippen LogP contribution in [0.2, 0.25) is 0 Å². The van der Waals surface area contributed by atoms with E-state index in [0.717, 1.165) is 34.4 Å². The summed E-state index contributed by atoms with van der Waals surface area (Å²) in [4.78, 5) is 31.4. The van der Waals surface area contributed by atoms with Crippen molar-refractivity contribution in [1.29, 1.82) is 0 Å². The lowest BCUT2D eigenvalue weighted by Crippen LogP contribution is -2.57. The molecule has 1 aromatic heterocycles. The quantitative estimate of drug-likeness (QED) is 0.804. The third-order valence-electron chi connectivity index (χ3n) is 5.04. The average molecular weight is 403 g/mol. The van der Waals surface area contributed by atoms with Crippen LogP contribution in [-0.2, 0) is 4.79 Å². The summed E-state index contributed by atoms with van der Waals surface area (Å²) < 4.78 is 0.973. The zero-order valence-corrected chi connectivity index (χ0v) is 16.7. The van der Waals surface area contributed by atoms with Gasteiger partial charge in [0.1, 0.15) is 0 Å². The van der Waals surface area contributed by atoms with Crippen molar-refractivity contribution in [3.05, 3.63) is 35.5 Å². The largest absolute Gasteiger partial charge is 0.346 e. The van der Waals surface area contributed by atoms with Crippen LogP contribution in [-0.4, -0.2) is 47.4 Å². The third kappa shape index (κ3) is 4.51. The number of amides is 2. The lowest BCUT2D eigenvalue weighted by atomic mass is 9.84. The van der Waals surface area contributed by atoms with Gasteiger partial charge in [0.25, 0.3) is 5.91 Å². The molecule has 3 aliphatic heterocycles. The number of benzene rings is 1. The number of anilines is 1. The number of hydrogen-bond acceptors (Lipinski definition) is 6. The smallest absolute Gasteiger partial charge is 0.280 e. The van der Waals surface area contributed by atoms with Gasteiger partial charge < -0.3 is 15.5 Å². The average Bonchev–Trinajstić information content (AvgIpc) is 3.13. The Morgan fingerprint density at radius 3 is 2.59 bits per heavy atom. The molecule has 1 unspecified atom stereocenters. The van der Waals surface area contributed by atoms with Gasteiger partial charge in [0, 0.05) is 30.1 Å². The molecule has 2 amide bonds. The molecule has 1 aromatic carbocycles. The van der Waals surface area contributed by atoms with Crippen LogP contribution in [0.4, 0.5) is 5.69 Å². The number of fused-ring (bicyclic) bond motifs is 3. The minimum atomic E-state index is -0.0866. The van der Waals surface area contributed by atoms with E-state index in [9.17, 15) is 9.59 Å². The van der Waals surface area contributed by atoms with Gasteiger partial charge in [-0.05, 0) is 56.1 Å². The second-order valence-electron chi connectivity index (χ2n) is 7.01. The van der Waals surface area contributed by atoms with Crippen LogP contribution in [0.5, 0.6) is 0 Å². The highest BCUT2D eigenvalue weighted by atomic mass is 32.2. The molecule has 6 nitrogen and oxygen atoms in total. The van der Waals surface area contributed by atoms with Crippen LogP contribution in [0, 0.1) is 5.92 Å². The van der Waals surface area contributed by atoms with E-state index < -0.39 is 0 Å². The van der Waals surface area contributed by atoms with E-state index in [1.807, 2.05) is 24.3 Å². The van der Waals surface area contributed by atoms with Gasteiger partial charge in [-0.25, -0.2) is 4.98 Å². The SMILES string of the molecule is CC(=O)Nc1ccc(Sc2cnc(C(=O)NC3CN4CCC3CC4)s2)cc1. The van der Waals surface area contributed by atoms with E-state index in [1.165, 1.54) is 31.1 Å². The number of nitrogens with zero attached hydrogens (tertiary/aromatic N) is 2. The number of thiazole rings is 1. The molecular weight excluding hydrogens is 380 g/mol. The number of carbonyl (C=O) groups is 2. The lowest BCUT2D eigenvalue weighted by Gasteiger charge is -2.44. The predicted octanol–water partition coefficient (Wildman–Crippen LogP) is 3.08. The first-order chi connectivity index (χ1) is 13.1. The van der Waals surface area contributed by atoms with Crippen molar-refractivity contribution in [2.75, 3.05) is 25.0 Å². The Morgan fingerprint density at radius 1 is 1.22 bits per heavy atom. The Labute approximate surface area is 166 Å². The Bertz CT molecular complexity index is 828. The summed E-state index contributed by atoms with van der Waals surface area (Å²) in [5, 5.41) is 6.46. The summed E-state index contributed by atoms with van der Waals surface area (Å²) in [7, 11) is 0. The zero-order chi connectivity index (χ0) is 18.8. The van der Waals surface area contributed by atoms with Gasteiger partial charge in [-0.3, -0.25) is 9.59 Å². The molecule has 2 N–H and O–H groups in total. The van der Waals surface area contributed by atoms with E-state index in [0.29, 0.717) is 10.9 Å². The number of aromatic nitrogens is 1. The fraction of sp³-hybridized carbons (Fsp3) is 0.421. The summed E-state index contributed by atoms with van der Waals surface area (Å²) >= 11 is 2.98. The summed E-state index contributed by atoms with van der Waals surface area (Å²) in [6, 6.07) is 7.88. The van der Waals surface area contributed by atoms with E-state index >= 15 is 0 Å². The highest BCUT2D eigenvalue weighted by molar-refractivity contribution is 8.01. The van der Waals surface area contributed by atoms with Crippen molar-refractivity contribution in [2.24, 2.45) is 5.92 Å². The van der Waals surface area contributed by atoms with Crippen LogP contribution < -0.4 is 10.6 Å². The molecule has 2 bridgehead atoms. The predicted molar refractivity (Wildman–Crippen MR) is 107 cm³/mol. The molecule has 0 spiro atoms. The van der Waals surface area contributed by atoms with Crippen molar-refractivity contribution in [2.45, 2.75) is 34.9 Å². The fourth-order valence-corrected chi connectivity index (χ4v) is 5.55. The minimum Gasteiger partial charge on any atom is -0.346 e.